The molecule has 0 unspecified atom stereocenters. The SMILES string of the molecule is C[C@H](O)c1ccc(N(CCO)C2CC2)c(Br)c1. The molecule has 0 spiro atoms. The number of aliphatic hydroxyl groups is 2. The van der Waals surface area contributed by atoms with Gasteiger partial charge >= 0.3 is 0 Å². The molecule has 94 valence electrons. The minimum absolute atomic E-state index is 0.168. The molecule has 0 heterocycles. The van der Waals surface area contributed by atoms with Gasteiger partial charge in [0.1, 0.15) is 0 Å². The van der Waals surface area contributed by atoms with Gasteiger partial charge in [-0.05, 0) is 53.4 Å². The van der Waals surface area contributed by atoms with Gasteiger partial charge in [-0.25, -0.2) is 0 Å². The quantitative estimate of drug-likeness (QED) is 0.878. The van der Waals surface area contributed by atoms with Crippen LogP contribution in [-0.2, 0) is 0 Å². The molecule has 0 aromatic heterocycles. The van der Waals surface area contributed by atoms with Gasteiger partial charge in [-0.15, -0.1) is 0 Å². The number of aliphatic hydroxyl groups excluding tert-OH is 2. The number of anilines is 1. The summed E-state index contributed by atoms with van der Waals surface area (Å²) in [4.78, 5) is 2.23. The van der Waals surface area contributed by atoms with Crippen LogP contribution in [0.15, 0.2) is 22.7 Å². The second-order valence-electron chi connectivity index (χ2n) is 4.53. The number of halogens is 1. The third-order valence-electron chi connectivity index (χ3n) is 3.09. The van der Waals surface area contributed by atoms with E-state index >= 15 is 0 Å². The van der Waals surface area contributed by atoms with Crippen molar-refractivity contribution in [1.82, 2.24) is 0 Å². The Kier molecular flexibility index (Phi) is 4.07. The molecule has 2 N–H and O–H groups in total. The van der Waals surface area contributed by atoms with Gasteiger partial charge in [0.2, 0.25) is 0 Å². The fraction of sp³-hybridized carbons (Fsp3) is 0.538. The van der Waals surface area contributed by atoms with Crippen molar-refractivity contribution in [2.45, 2.75) is 31.9 Å². The summed E-state index contributed by atoms with van der Waals surface area (Å²) in [5.41, 5.74) is 2.01. The molecule has 1 aromatic rings. The van der Waals surface area contributed by atoms with Crippen molar-refractivity contribution in [3.8, 4) is 0 Å². The predicted molar refractivity (Wildman–Crippen MR) is 72.2 cm³/mol. The topological polar surface area (TPSA) is 43.7 Å². The zero-order valence-electron chi connectivity index (χ0n) is 9.93. The number of rotatable bonds is 5. The largest absolute Gasteiger partial charge is 0.395 e. The molecule has 0 amide bonds. The van der Waals surface area contributed by atoms with Crippen LogP contribution in [0.2, 0.25) is 0 Å². The van der Waals surface area contributed by atoms with E-state index in [1.54, 1.807) is 6.92 Å². The zero-order chi connectivity index (χ0) is 12.4. The lowest BCUT2D eigenvalue weighted by Crippen LogP contribution is -2.29. The Morgan fingerprint density at radius 1 is 1.47 bits per heavy atom. The molecule has 0 aliphatic heterocycles. The average molecular weight is 300 g/mol. The van der Waals surface area contributed by atoms with Gasteiger partial charge in [-0.1, -0.05) is 6.07 Å². The van der Waals surface area contributed by atoms with Crippen LogP contribution in [0.4, 0.5) is 5.69 Å². The predicted octanol–water partition coefficient (Wildman–Crippen LogP) is 2.46. The highest BCUT2D eigenvalue weighted by atomic mass is 79.9. The third kappa shape index (κ3) is 3.00. The molecule has 1 atom stereocenters. The lowest BCUT2D eigenvalue weighted by atomic mass is 10.1. The van der Waals surface area contributed by atoms with E-state index in [-0.39, 0.29) is 6.61 Å². The van der Waals surface area contributed by atoms with Crippen molar-refractivity contribution in [3.63, 3.8) is 0 Å². The molecule has 3 nitrogen and oxygen atoms in total. The minimum atomic E-state index is -0.451. The van der Waals surface area contributed by atoms with Crippen molar-refractivity contribution in [3.05, 3.63) is 28.2 Å². The van der Waals surface area contributed by atoms with Gasteiger partial charge in [0.15, 0.2) is 0 Å². The van der Waals surface area contributed by atoms with Gasteiger partial charge in [0.25, 0.3) is 0 Å². The second-order valence-corrected chi connectivity index (χ2v) is 5.39. The molecular weight excluding hydrogens is 282 g/mol. The van der Waals surface area contributed by atoms with Crippen LogP contribution in [0.1, 0.15) is 31.4 Å². The minimum Gasteiger partial charge on any atom is -0.395 e. The molecule has 1 aliphatic rings. The Morgan fingerprint density at radius 2 is 2.18 bits per heavy atom. The molecule has 17 heavy (non-hydrogen) atoms. The Bertz CT molecular complexity index is 391. The first-order chi connectivity index (χ1) is 8.13. The van der Waals surface area contributed by atoms with Crippen LogP contribution >= 0.6 is 15.9 Å². The summed E-state index contributed by atoms with van der Waals surface area (Å²) in [6.07, 6.45) is 1.95. The Labute approximate surface area is 110 Å². The summed E-state index contributed by atoms with van der Waals surface area (Å²) < 4.78 is 0.983. The summed E-state index contributed by atoms with van der Waals surface area (Å²) in [6.45, 7) is 2.59. The zero-order valence-corrected chi connectivity index (χ0v) is 11.5. The first-order valence-corrected chi connectivity index (χ1v) is 6.77. The van der Waals surface area contributed by atoms with Crippen molar-refractivity contribution in [1.29, 1.82) is 0 Å². The second kappa shape index (κ2) is 5.38. The van der Waals surface area contributed by atoms with Gasteiger partial charge in [0.05, 0.1) is 18.4 Å². The third-order valence-corrected chi connectivity index (χ3v) is 3.73. The van der Waals surface area contributed by atoms with Gasteiger partial charge in [0, 0.05) is 17.1 Å². The molecule has 1 saturated carbocycles. The molecule has 0 bridgehead atoms. The smallest absolute Gasteiger partial charge is 0.0762 e. The van der Waals surface area contributed by atoms with Crippen LogP contribution in [0.5, 0.6) is 0 Å². The number of benzene rings is 1. The van der Waals surface area contributed by atoms with E-state index in [0.717, 1.165) is 15.7 Å². The summed E-state index contributed by atoms with van der Waals surface area (Å²) in [5, 5.41) is 18.6. The van der Waals surface area contributed by atoms with Crippen LogP contribution < -0.4 is 4.90 Å². The highest BCUT2D eigenvalue weighted by molar-refractivity contribution is 9.10. The van der Waals surface area contributed by atoms with Gasteiger partial charge < -0.3 is 15.1 Å². The molecule has 1 aliphatic carbocycles. The van der Waals surface area contributed by atoms with E-state index in [4.69, 9.17) is 5.11 Å². The van der Waals surface area contributed by atoms with Crippen LogP contribution in [-0.4, -0.2) is 29.4 Å². The summed E-state index contributed by atoms with van der Waals surface area (Å²) in [6, 6.07) is 6.47. The normalized spacial score (nSPS) is 16.9. The average Bonchev–Trinajstić information content (AvgIpc) is 3.10. The summed E-state index contributed by atoms with van der Waals surface area (Å²) in [5.74, 6) is 0. The number of hydrogen-bond donors (Lipinski definition) is 2. The number of nitrogens with zero attached hydrogens (tertiary/aromatic N) is 1. The fourth-order valence-electron chi connectivity index (χ4n) is 2.01. The van der Waals surface area contributed by atoms with Crippen LogP contribution in [0, 0.1) is 0 Å². The van der Waals surface area contributed by atoms with E-state index in [9.17, 15) is 5.11 Å². The summed E-state index contributed by atoms with van der Waals surface area (Å²) >= 11 is 3.55. The Balaban J connectivity index is 2.24. The van der Waals surface area contributed by atoms with E-state index in [1.807, 2.05) is 18.2 Å². The first kappa shape index (κ1) is 12.9. The standard InChI is InChI=1S/C13H18BrNO2/c1-9(17)10-2-5-13(12(14)8-10)15(6-7-16)11-3-4-11/h2,5,8-9,11,16-17H,3-4,6-7H2,1H3/t9-/m0/s1. The van der Waals surface area contributed by atoms with E-state index < -0.39 is 6.10 Å². The molecule has 4 heteroatoms. The molecule has 1 aromatic carbocycles. The number of hydrogen-bond acceptors (Lipinski definition) is 3. The van der Waals surface area contributed by atoms with Gasteiger partial charge in [-0.3, -0.25) is 0 Å². The molecular formula is C13H18BrNO2. The van der Waals surface area contributed by atoms with E-state index in [1.165, 1.54) is 12.8 Å². The van der Waals surface area contributed by atoms with Gasteiger partial charge in [-0.2, -0.15) is 0 Å². The van der Waals surface area contributed by atoms with Crippen molar-refractivity contribution in [2.24, 2.45) is 0 Å². The van der Waals surface area contributed by atoms with E-state index in [0.29, 0.717) is 12.6 Å². The van der Waals surface area contributed by atoms with Crippen molar-refractivity contribution < 1.29 is 10.2 Å². The maximum atomic E-state index is 9.53. The molecule has 1 fully saturated rings. The molecule has 0 saturated heterocycles. The fourth-order valence-corrected chi connectivity index (χ4v) is 2.63. The van der Waals surface area contributed by atoms with E-state index in [2.05, 4.69) is 20.8 Å². The summed E-state index contributed by atoms with van der Waals surface area (Å²) in [7, 11) is 0. The van der Waals surface area contributed by atoms with Crippen molar-refractivity contribution >= 4 is 21.6 Å². The Hall–Kier alpha value is -0.580. The van der Waals surface area contributed by atoms with Crippen molar-refractivity contribution in [2.75, 3.05) is 18.1 Å². The lowest BCUT2D eigenvalue weighted by Gasteiger charge is -2.25. The highest BCUT2D eigenvalue weighted by Crippen LogP contribution is 2.36. The maximum Gasteiger partial charge on any atom is 0.0762 e. The molecule has 2 rings (SSSR count). The monoisotopic (exact) mass is 299 g/mol. The first-order valence-electron chi connectivity index (χ1n) is 5.98. The van der Waals surface area contributed by atoms with Crippen LogP contribution in [0.3, 0.4) is 0 Å². The maximum absolute atomic E-state index is 9.53. The Morgan fingerprint density at radius 3 is 2.65 bits per heavy atom. The molecule has 0 radical (unpaired) electrons. The lowest BCUT2D eigenvalue weighted by molar-refractivity contribution is 0.199. The highest BCUT2D eigenvalue weighted by Gasteiger charge is 2.29. The van der Waals surface area contributed by atoms with Crippen LogP contribution in [0.25, 0.3) is 0 Å².